The van der Waals surface area contributed by atoms with Gasteiger partial charge in [-0.05, 0) is 37.3 Å². The van der Waals surface area contributed by atoms with Crippen molar-refractivity contribution < 1.29 is 24.0 Å². The highest BCUT2D eigenvalue weighted by molar-refractivity contribution is 6.33. The minimum absolute atomic E-state index is 0.0201. The van der Waals surface area contributed by atoms with Crippen molar-refractivity contribution in [1.29, 1.82) is 0 Å². The van der Waals surface area contributed by atoms with Crippen LogP contribution >= 0.6 is 23.2 Å². The lowest BCUT2D eigenvalue weighted by atomic mass is 10.1. The normalized spacial score (nSPS) is 11.4. The average molecular weight is 439 g/mol. The van der Waals surface area contributed by atoms with Crippen LogP contribution in [0.25, 0.3) is 0 Å². The van der Waals surface area contributed by atoms with Crippen LogP contribution in [0.2, 0.25) is 10.0 Å². The third-order valence-electron chi connectivity index (χ3n) is 3.82. The molecule has 29 heavy (non-hydrogen) atoms. The zero-order valence-corrected chi connectivity index (χ0v) is 16.7. The molecule has 0 saturated carbocycles. The van der Waals surface area contributed by atoms with E-state index >= 15 is 0 Å². The van der Waals surface area contributed by atoms with Crippen LogP contribution in [0.5, 0.6) is 0 Å². The number of ketones is 1. The van der Waals surface area contributed by atoms with E-state index < -0.39 is 22.9 Å². The second kappa shape index (κ2) is 9.99. The summed E-state index contributed by atoms with van der Waals surface area (Å²) in [4.78, 5) is 46.3. The smallest absolute Gasteiger partial charge is 0.307 e. The predicted molar refractivity (Wildman–Crippen MR) is 107 cm³/mol. The molecule has 0 radical (unpaired) electrons. The Morgan fingerprint density at radius 1 is 1.10 bits per heavy atom. The Morgan fingerprint density at radius 3 is 2.38 bits per heavy atom. The van der Waals surface area contributed by atoms with Gasteiger partial charge in [0.25, 0.3) is 11.6 Å². The molecule has 0 aliphatic carbocycles. The largest absolute Gasteiger partial charge is 0.453 e. The van der Waals surface area contributed by atoms with Crippen LogP contribution in [-0.2, 0) is 14.3 Å². The summed E-state index contributed by atoms with van der Waals surface area (Å²) in [7, 11) is 0. The Hall–Kier alpha value is -2.97. The molecule has 1 unspecified atom stereocenters. The van der Waals surface area contributed by atoms with Crippen LogP contribution in [-0.4, -0.2) is 28.7 Å². The standard InChI is InChI=1S/C19H16Cl2N2O6/c1-11(19(26)22-16-10-14(23(27)28)6-7-15(16)21)29-18(25)9-8-17(24)12-2-4-13(20)5-3-12/h2-7,10-11H,8-9H2,1H3,(H,22,26). The SMILES string of the molecule is CC(OC(=O)CCC(=O)c1ccc(Cl)cc1)C(=O)Nc1cc([N+](=O)[O-])ccc1Cl. The molecular weight excluding hydrogens is 423 g/mol. The first kappa shape index (κ1) is 22.3. The minimum Gasteiger partial charge on any atom is -0.453 e. The number of esters is 1. The lowest BCUT2D eigenvalue weighted by Gasteiger charge is -2.14. The number of carbonyl (C=O) groups excluding carboxylic acids is 3. The Balaban J connectivity index is 1.88. The predicted octanol–water partition coefficient (Wildman–Crippen LogP) is 4.43. The number of amides is 1. The fourth-order valence-electron chi connectivity index (χ4n) is 2.26. The molecule has 0 heterocycles. The highest BCUT2D eigenvalue weighted by atomic mass is 35.5. The maximum Gasteiger partial charge on any atom is 0.307 e. The first-order valence-electron chi connectivity index (χ1n) is 8.40. The van der Waals surface area contributed by atoms with Crippen molar-refractivity contribution in [2.45, 2.75) is 25.9 Å². The molecule has 8 nitrogen and oxygen atoms in total. The van der Waals surface area contributed by atoms with Crippen LogP contribution in [0.1, 0.15) is 30.1 Å². The van der Waals surface area contributed by atoms with Crippen LogP contribution in [0.3, 0.4) is 0 Å². The molecule has 0 fully saturated rings. The number of halogens is 2. The minimum atomic E-state index is -1.19. The zero-order valence-electron chi connectivity index (χ0n) is 15.2. The maximum absolute atomic E-state index is 12.2. The number of nitrogens with one attached hydrogen (secondary N) is 1. The van der Waals surface area contributed by atoms with Crippen molar-refractivity contribution in [2.75, 3.05) is 5.32 Å². The molecule has 152 valence electrons. The quantitative estimate of drug-likeness (QED) is 0.282. The number of rotatable bonds is 8. The number of Topliss-reactive ketones (excluding diaryl/α,β-unsaturated/α-hetero) is 1. The van der Waals surface area contributed by atoms with E-state index in [1.54, 1.807) is 24.3 Å². The fourth-order valence-corrected chi connectivity index (χ4v) is 2.55. The highest BCUT2D eigenvalue weighted by Gasteiger charge is 2.21. The molecule has 2 aromatic rings. The lowest BCUT2D eigenvalue weighted by molar-refractivity contribution is -0.384. The van der Waals surface area contributed by atoms with Gasteiger partial charge in [-0.1, -0.05) is 23.2 Å². The molecule has 1 N–H and O–H groups in total. The average Bonchev–Trinajstić information content (AvgIpc) is 2.68. The zero-order chi connectivity index (χ0) is 21.6. The van der Waals surface area contributed by atoms with Crippen LogP contribution in [0.4, 0.5) is 11.4 Å². The summed E-state index contributed by atoms with van der Waals surface area (Å²) in [5, 5.41) is 13.8. The summed E-state index contributed by atoms with van der Waals surface area (Å²) < 4.78 is 5.01. The van der Waals surface area contributed by atoms with Gasteiger partial charge in [0.05, 0.1) is 22.1 Å². The van der Waals surface area contributed by atoms with Crippen molar-refractivity contribution in [3.63, 3.8) is 0 Å². The van der Waals surface area contributed by atoms with E-state index in [1.807, 2.05) is 0 Å². The number of nitrogens with zero attached hydrogens (tertiary/aromatic N) is 1. The number of nitro groups is 1. The summed E-state index contributed by atoms with van der Waals surface area (Å²) in [6.07, 6.45) is -1.49. The van der Waals surface area contributed by atoms with Gasteiger partial charge in [0.1, 0.15) is 0 Å². The van der Waals surface area contributed by atoms with Crippen molar-refractivity contribution in [2.24, 2.45) is 0 Å². The topological polar surface area (TPSA) is 116 Å². The van der Waals surface area contributed by atoms with Crippen molar-refractivity contribution in [3.8, 4) is 0 Å². The molecule has 0 bridgehead atoms. The number of anilines is 1. The van der Waals surface area contributed by atoms with E-state index in [4.69, 9.17) is 27.9 Å². The first-order valence-corrected chi connectivity index (χ1v) is 9.16. The van der Waals surface area contributed by atoms with Crippen molar-refractivity contribution >= 4 is 52.2 Å². The Kier molecular flexibility index (Phi) is 7.69. The van der Waals surface area contributed by atoms with Gasteiger partial charge >= 0.3 is 5.97 Å². The third-order valence-corrected chi connectivity index (χ3v) is 4.40. The number of ether oxygens (including phenoxy) is 1. The van der Waals surface area contributed by atoms with Gasteiger partial charge < -0.3 is 10.1 Å². The molecule has 2 rings (SSSR count). The number of non-ortho nitro benzene ring substituents is 1. The Morgan fingerprint density at radius 2 is 1.76 bits per heavy atom. The van der Waals surface area contributed by atoms with E-state index in [2.05, 4.69) is 5.32 Å². The number of hydrogen-bond acceptors (Lipinski definition) is 6. The van der Waals surface area contributed by atoms with Crippen molar-refractivity contribution in [3.05, 3.63) is 68.2 Å². The molecule has 0 saturated heterocycles. The van der Waals surface area contributed by atoms with Gasteiger partial charge in [-0.2, -0.15) is 0 Å². The Bertz CT molecular complexity index is 946. The molecule has 2 aromatic carbocycles. The summed E-state index contributed by atoms with van der Waals surface area (Å²) in [5.74, 6) is -1.72. The summed E-state index contributed by atoms with van der Waals surface area (Å²) in [5.41, 5.74) is 0.176. The molecular formula is C19H16Cl2N2O6. The van der Waals surface area contributed by atoms with Crippen molar-refractivity contribution in [1.82, 2.24) is 0 Å². The van der Waals surface area contributed by atoms with Crippen LogP contribution in [0, 0.1) is 10.1 Å². The molecule has 10 heteroatoms. The van der Waals surface area contributed by atoms with Crippen LogP contribution < -0.4 is 5.32 Å². The van der Waals surface area contributed by atoms with E-state index in [0.717, 1.165) is 6.07 Å². The summed E-state index contributed by atoms with van der Waals surface area (Å²) in [6.45, 7) is 1.33. The van der Waals surface area contributed by atoms with Crippen LogP contribution in [0.15, 0.2) is 42.5 Å². The number of hydrogen-bond donors (Lipinski definition) is 1. The molecule has 1 amide bonds. The summed E-state index contributed by atoms with van der Waals surface area (Å²) >= 11 is 11.7. The fraction of sp³-hybridized carbons (Fsp3) is 0.211. The molecule has 0 aliphatic heterocycles. The summed E-state index contributed by atoms with van der Waals surface area (Å²) in [6, 6.07) is 9.80. The molecule has 0 aliphatic rings. The van der Waals surface area contributed by atoms with E-state index in [0.29, 0.717) is 10.6 Å². The first-order chi connectivity index (χ1) is 13.7. The van der Waals surface area contributed by atoms with E-state index in [9.17, 15) is 24.5 Å². The molecule has 0 aromatic heterocycles. The van der Waals surface area contributed by atoms with Gasteiger partial charge in [0.2, 0.25) is 0 Å². The second-order valence-corrected chi connectivity index (χ2v) is 6.82. The van der Waals surface area contributed by atoms with E-state index in [1.165, 1.54) is 19.1 Å². The third kappa shape index (κ3) is 6.55. The lowest BCUT2D eigenvalue weighted by Crippen LogP contribution is -2.30. The van der Waals surface area contributed by atoms with E-state index in [-0.39, 0.29) is 35.0 Å². The highest BCUT2D eigenvalue weighted by Crippen LogP contribution is 2.27. The van der Waals surface area contributed by atoms with Gasteiger partial charge in [-0.3, -0.25) is 24.5 Å². The molecule has 0 spiro atoms. The molecule has 1 atom stereocenters. The number of carbonyl (C=O) groups is 3. The second-order valence-electron chi connectivity index (χ2n) is 5.97. The number of benzene rings is 2. The Labute approximate surface area is 175 Å². The number of nitro benzene ring substituents is 1. The van der Waals surface area contributed by atoms with Gasteiger partial charge in [-0.15, -0.1) is 0 Å². The van der Waals surface area contributed by atoms with Gasteiger partial charge in [0.15, 0.2) is 11.9 Å². The maximum atomic E-state index is 12.2. The monoisotopic (exact) mass is 438 g/mol. The van der Waals surface area contributed by atoms with Gasteiger partial charge in [0, 0.05) is 29.1 Å². The van der Waals surface area contributed by atoms with Gasteiger partial charge in [-0.25, -0.2) is 0 Å².